The van der Waals surface area contributed by atoms with Gasteiger partial charge in [0.25, 0.3) is 0 Å². The molecular weight excluding hydrogens is 376 g/mol. The fraction of sp³-hybridized carbons (Fsp3) is 0.636. The highest BCUT2D eigenvalue weighted by Gasteiger charge is 2.48. The van der Waals surface area contributed by atoms with Crippen molar-refractivity contribution in [3.63, 3.8) is 0 Å². The molecule has 1 aromatic carbocycles. The molecule has 3 heterocycles. The fourth-order valence-corrected chi connectivity index (χ4v) is 5.07. The summed E-state index contributed by atoms with van der Waals surface area (Å²) < 4.78 is 26.7. The van der Waals surface area contributed by atoms with Crippen LogP contribution in [-0.4, -0.2) is 65.8 Å². The van der Waals surface area contributed by atoms with Crippen molar-refractivity contribution in [1.29, 1.82) is 0 Å². The second-order valence-electron chi connectivity index (χ2n) is 8.76. The highest BCUT2D eigenvalue weighted by molar-refractivity contribution is 5.84. The van der Waals surface area contributed by atoms with Crippen molar-refractivity contribution < 1.29 is 18.4 Å². The highest BCUT2D eigenvalue weighted by atomic mass is 19.2. The summed E-state index contributed by atoms with van der Waals surface area (Å²) in [5.74, 6) is -1.50. The van der Waals surface area contributed by atoms with Crippen LogP contribution in [-0.2, 0) is 16.1 Å². The van der Waals surface area contributed by atoms with E-state index < -0.39 is 17.0 Å². The number of piperidine rings is 2. The first kappa shape index (κ1) is 20.3. The third kappa shape index (κ3) is 4.29. The lowest BCUT2D eigenvalue weighted by Crippen LogP contribution is -2.50. The lowest BCUT2D eigenvalue weighted by Gasteiger charge is -2.39. The van der Waals surface area contributed by atoms with E-state index in [0.29, 0.717) is 31.7 Å². The van der Waals surface area contributed by atoms with E-state index in [1.807, 2.05) is 4.90 Å². The standard InChI is InChI=1S/C22H29F2N3O2/c23-18-6-5-17(13-19(18)24)14-27-11-4-7-22(21(27)29)8-12-25(16-22)15-20(28)26-9-2-1-3-10-26/h5-6,13H,1-4,7-12,14-16H2/t22-/m0/s1. The molecule has 7 heteroatoms. The Balaban J connectivity index is 1.38. The Labute approximate surface area is 170 Å². The van der Waals surface area contributed by atoms with E-state index in [9.17, 15) is 18.4 Å². The second kappa shape index (κ2) is 8.38. The summed E-state index contributed by atoms with van der Waals surface area (Å²) in [6.45, 7) is 4.37. The predicted molar refractivity (Wildman–Crippen MR) is 105 cm³/mol. The van der Waals surface area contributed by atoms with Crippen LogP contribution in [0, 0.1) is 17.0 Å². The molecule has 3 saturated heterocycles. The summed E-state index contributed by atoms with van der Waals surface area (Å²) in [6.07, 6.45) is 5.82. The maximum absolute atomic E-state index is 13.5. The molecule has 0 unspecified atom stereocenters. The van der Waals surface area contributed by atoms with E-state index in [1.165, 1.54) is 18.6 Å². The van der Waals surface area contributed by atoms with Gasteiger partial charge in [-0.25, -0.2) is 8.78 Å². The normalized spacial score (nSPS) is 25.8. The van der Waals surface area contributed by atoms with E-state index in [1.54, 1.807) is 4.90 Å². The number of hydrogen-bond donors (Lipinski definition) is 0. The Morgan fingerprint density at radius 2 is 1.76 bits per heavy atom. The Bertz CT molecular complexity index is 781. The second-order valence-corrected chi connectivity index (χ2v) is 8.76. The van der Waals surface area contributed by atoms with Gasteiger partial charge in [0.05, 0.1) is 12.0 Å². The van der Waals surface area contributed by atoms with Crippen LogP contribution in [0.3, 0.4) is 0 Å². The summed E-state index contributed by atoms with van der Waals surface area (Å²) in [6, 6.07) is 3.81. The molecule has 3 aliphatic rings. The van der Waals surface area contributed by atoms with E-state index in [0.717, 1.165) is 57.8 Å². The molecule has 4 rings (SSSR count). The van der Waals surface area contributed by atoms with E-state index in [-0.39, 0.29) is 11.8 Å². The van der Waals surface area contributed by atoms with Crippen LogP contribution >= 0.6 is 0 Å². The first-order chi connectivity index (χ1) is 14.0. The van der Waals surface area contributed by atoms with Crippen molar-refractivity contribution in [3.05, 3.63) is 35.4 Å². The molecule has 0 radical (unpaired) electrons. The zero-order valence-corrected chi connectivity index (χ0v) is 16.8. The average molecular weight is 405 g/mol. The van der Waals surface area contributed by atoms with Gasteiger partial charge in [0.2, 0.25) is 11.8 Å². The van der Waals surface area contributed by atoms with Crippen LogP contribution in [0.15, 0.2) is 18.2 Å². The molecular formula is C22H29F2N3O2. The van der Waals surface area contributed by atoms with Crippen LogP contribution in [0.5, 0.6) is 0 Å². The van der Waals surface area contributed by atoms with Gasteiger partial charge in [0, 0.05) is 32.7 Å². The lowest BCUT2D eigenvalue weighted by molar-refractivity contribution is -0.146. The molecule has 1 aromatic rings. The van der Waals surface area contributed by atoms with Gasteiger partial charge in [0.1, 0.15) is 0 Å². The van der Waals surface area contributed by atoms with E-state index in [2.05, 4.69) is 4.90 Å². The molecule has 0 aromatic heterocycles. The van der Waals surface area contributed by atoms with Gasteiger partial charge in [-0.05, 0) is 62.8 Å². The minimum Gasteiger partial charge on any atom is -0.342 e. The van der Waals surface area contributed by atoms with Crippen LogP contribution in [0.2, 0.25) is 0 Å². The van der Waals surface area contributed by atoms with Crippen LogP contribution in [0.1, 0.15) is 44.1 Å². The minimum absolute atomic E-state index is 0.0846. The van der Waals surface area contributed by atoms with Crippen molar-refractivity contribution >= 4 is 11.8 Å². The molecule has 1 spiro atoms. The van der Waals surface area contributed by atoms with Gasteiger partial charge in [-0.3, -0.25) is 14.5 Å². The number of likely N-dealkylation sites (tertiary alicyclic amines) is 3. The third-order valence-electron chi connectivity index (χ3n) is 6.68. The smallest absolute Gasteiger partial charge is 0.236 e. The van der Waals surface area contributed by atoms with Crippen molar-refractivity contribution in [1.82, 2.24) is 14.7 Å². The number of benzene rings is 1. The van der Waals surface area contributed by atoms with E-state index in [4.69, 9.17) is 0 Å². The van der Waals surface area contributed by atoms with Crippen molar-refractivity contribution in [2.24, 2.45) is 5.41 Å². The maximum Gasteiger partial charge on any atom is 0.236 e. The van der Waals surface area contributed by atoms with Crippen LogP contribution in [0.25, 0.3) is 0 Å². The summed E-state index contributed by atoms with van der Waals surface area (Å²) in [7, 11) is 0. The van der Waals surface area contributed by atoms with Gasteiger partial charge in [0.15, 0.2) is 11.6 Å². The number of amides is 2. The first-order valence-corrected chi connectivity index (χ1v) is 10.7. The van der Waals surface area contributed by atoms with Crippen molar-refractivity contribution in [2.75, 3.05) is 39.3 Å². The quantitative estimate of drug-likeness (QED) is 0.774. The SMILES string of the molecule is O=C(CN1CC[C@@]2(CCCN(Cc3ccc(F)c(F)c3)C2=O)C1)N1CCCCC1. The summed E-state index contributed by atoms with van der Waals surface area (Å²) in [4.78, 5) is 31.7. The van der Waals surface area contributed by atoms with Gasteiger partial charge in [-0.2, -0.15) is 0 Å². The molecule has 0 bridgehead atoms. The number of halogens is 2. The molecule has 0 N–H and O–H groups in total. The zero-order chi connectivity index (χ0) is 20.4. The van der Waals surface area contributed by atoms with Crippen molar-refractivity contribution in [3.8, 4) is 0 Å². The third-order valence-corrected chi connectivity index (χ3v) is 6.68. The van der Waals surface area contributed by atoms with Gasteiger partial charge >= 0.3 is 0 Å². The zero-order valence-electron chi connectivity index (χ0n) is 16.8. The highest BCUT2D eigenvalue weighted by Crippen LogP contribution is 2.40. The monoisotopic (exact) mass is 405 g/mol. The number of carbonyl (C=O) groups is 2. The average Bonchev–Trinajstić information content (AvgIpc) is 3.12. The Morgan fingerprint density at radius 1 is 0.966 bits per heavy atom. The van der Waals surface area contributed by atoms with Crippen LogP contribution < -0.4 is 0 Å². The van der Waals surface area contributed by atoms with Gasteiger partial charge in [-0.1, -0.05) is 6.07 Å². The maximum atomic E-state index is 13.5. The van der Waals surface area contributed by atoms with E-state index >= 15 is 0 Å². The number of rotatable bonds is 4. The topological polar surface area (TPSA) is 43.9 Å². The molecule has 2 amide bonds. The first-order valence-electron chi connectivity index (χ1n) is 10.7. The Morgan fingerprint density at radius 3 is 2.52 bits per heavy atom. The molecule has 1 atom stereocenters. The van der Waals surface area contributed by atoms with Gasteiger partial charge < -0.3 is 9.80 Å². The molecule has 29 heavy (non-hydrogen) atoms. The number of nitrogens with zero attached hydrogens (tertiary/aromatic N) is 3. The molecule has 0 saturated carbocycles. The number of carbonyl (C=O) groups excluding carboxylic acids is 2. The Hall–Kier alpha value is -2.02. The van der Waals surface area contributed by atoms with Crippen molar-refractivity contribution in [2.45, 2.75) is 45.1 Å². The summed E-state index contributed by atoms with van der Waals surface area (Å²) >= 11 is 0. The molecule has 3 aliphatic heterocycles. The molecule has 0 aliphatic carbocycles. The minimum atomic E-state index is -0.884. The summed E-state index contributed by atoms with van der Waals surface area (Å²) in [5, 5.41) is 0. The Kier molecular flexibility index (Phi) is 5.86. The van der Waals surface area contributed by atoms with Gasteiger partial charge in [-0.15, -0.1) is 0 Å². The fourth-order valence-electron chi connectivity index (χ4n) is 5.07. The molecule has 3 fully saturated rings. The predicted octanol–water partition coefficient (Wildman–Crippen LogP) is 2.79. The largest absolute Gasteiger partial charge is 0.342 e. The lowest BCUT2D eigenvalue weighted by atomic mass is 9.78. The molecule has 158 valence electrons. The summed E-state index contributed by atoms with van der Waals surface area (Å²) in [5.41, 5.74) is 0.156. The van der Waals surface area contributed by atoms with Crippen LogP contribution in [0.4, 0.5) is 8.78 Å². The molecule has 5 nitrogen and oxygen atoms in total. The number of hydrogen-bond acceptors (Lipinski definition) is 3.